The van der Waals surface area contributed by atoms with E-state index in [1.807, 2.05) is 42.5 Å². The van der Waals surface area contributed by atoms with E-state index >= 15 is 0 Å². The summed E-state index contributed by atoms with van der Waals surface area (Å²) in [5.74, 6) is 0.384. The van der Waals surface area contributed by atoms with E-state index in [-0.39, 0.29) is 11.9 Å². The Bertz CT molecular complexity index is 767. The molecular formula is C19H21N3OS. The number of nitrogens with zero attached hydrogens (tertiary/aromatic N) is 1. The molecule has 0 spiro atoms. The Labute approximate surface area is 146 Å². The molecule has 24 heavy (non-hydrogen) atoms. The minimum atomic E-state index is 0.0303. The van der Waals surface area contributed by atoms with Gasteiger partial charge in [0.2, 0.25) is 5.91 Å². The van der Waals surface area contributed by atoms with E-state index in [2.05, 4.69) is 34.3 Å². The van der Waals surface area contributed by atoms with Crippen molar-refractivity contribution in [1.29, 1.82) is 0 Å². The third-order valence-corrected chi connectivity index (χ3v) is 4.70. The van der Waals surface area contributed by atoms with Crippen molar-refractivity contribution in [3.63, 3.8) is 0 Å². The third kappa shape index (κ3) is 4.17. The van der Waals surface area contributed by atoms with Crippen LogP contribution in [0.5, 0.6) is 0 Å². The van der Waals surface area contributed by atoms with Crippen molar-refractivity contribution in [1.82, 2.24) is 15.3 Å². The van der Waals surface area contributed by atoms with E-state index < -0.39 is 0 Å². The predicted octanol–water partition coefficient (Wildman–Crippen LogP) is 4.31. The Morgan fingerprint density at radius 2 is 1.92 bits per heavy atom. The summed E-state index contributed by atoms with van der Waals surface area (Å²) < 4.78 is 0. The van der Waals surface area contributed by atoms with Gasteiger partial charge in [-0.3, -0.25) is 4.79 Å². The van der Waals surface area contributed by atoms with Crippen LogP contribution in [0.25, 0.3) is 11.0 Å². The van der Waals surface area contributed by atoms with Gasteiger partial charge >= 0.3 is 0 Å². The number of benzene rings is 2. The first-order valence-corrected chi connectivity index (χ1v) is 9.16. The highest BCUT2D eigenvalue weighted by Crippen LogP contribution is 2.21. The molecule has 5 heteroatoms. The second kappa shape index (κ2) is 8.02. The van der Waals surface area contributed by atoms with E-state index in [0.29, 0.717) is 5.75 Å². The van der Waals surface area contributed by atoms with E-state index in [4.69, 9.17) is 0 Å². The monoisotopic (exact) mass is 339 g/mol. The lowest BCUT2D eigenvalue weighted by Crippen LogP contribution is -2.29. The van der Waals surface area contributed by atoms with Crippen molar-refractivity contribution in [3.8, 4) is 0 Å². The van der Waals surface area contributed by atoms with Gasteiger partial charge in [-0.1, -0.05) is 67.6 Å². The molecule has 0 unspecified atom stereocenters. The number of aromatic nitrogens is 2. The molecule has 0 radical (unpaired) electrons. The number of hydrogen-bond acceptors (Lipinski definition) is 3. The lowest BCUT2D eigenvalue weighted by Gasteiger charge is -2.18. The maximum atomic E-state index is 12.3. The van der Waals surface area contributed by atoms with Crippen LogP contribution in [0.2, 0.25) is 0 Å². The Balaban J connectivity index is 1.59. The summed E-state index contributed by atoms with van der Waals surface area (Å²) in [5.41, 5.74) is 3.07. The molecule has 2 aromatic carbocycles. The fourth-order valence-electron chi connectivity index (χ4n) is 2.66. The number of imidazole rings is 1. The highest BCUT2D eigenvalue weighted by molar-refractivity contribution is 7.99. The molecular weight excluding hydrogens is 318 g/mol. The number of nitrogens with one attached hydrogen (secondary N) is 2. The first-order valence-electron chi connectivity index (χ1n) is 8.18. The highest BCUT2D eigenvalue weighted by atomic mass is 32.2. The number of amides is 1. The molecule has 0 saturated heterocycles. The molecule has 1 atom stereocenters. The average Bonchev–Trinajstić information content (AvgIpc) is 3.03. The van der Waals surface area contributed by atoms with Gasteiger partial charge in [0, 0.05) is 0 Å². The van der Waals surface area contributed by atoms with Gasteiger partial charge in [-0.2, -0.15) is 0 Å². The van der Waals surface area contributed by atoms with Crippen molar-refractivity contribution < 1.29 is 4.79 Å². The molecule has 2 N–H and O–H groups in total. The summed E-state index contributed by atoms with van der Waals surface area (Å²) in [6, 6.07) is 18.1. The Kier molecular flexibility index (Phi) is 5.54. The number of carbonyl (C=O) groups excluding carboxylic acids is 1. The first kappa shape index (κ1) is 16.6. The number of hydrogen-bond donors (Lipinski definition) is 2. The maximum absolute atomic E-state index is 12.3. The van der Waals surface area contributed by atoms with Crippen LogP contribution in [0.3, 0.4) is 0 Å². The summed E-state index contributed by atoms with van der Waals surface area (Å²) in [6.45, 7) is 2.13. The Morgan fingerprint density at radius 3 is 2.67 bits per heavy atom. The summed E-state index contributed by atoms with van der Waals surface area (Å²) in [7, 11) is 0. The van der Waals surface area contributed by atoms with E-state index in [1.165, 1.54) is 11.8 Å². The second-order valence-corrected chi connectivity index (χ2v) is 6.63. The molecule has 0 saturated carbocycles. The lowest BCUT2D eigenvalue weighted by atomic mass is 10.0. The van der Waals surface area contributed by atoms with Crippen LogP contribution in [-0.2, 0) is 4.79 Å². The number of fused-ring (bicyclic) bond motifs is 1. The van der Waals surface area contributed by atoms with Gasteiger partial charge < -0.3 is 10.3 Å². The van der Waals surface area contributed by atoms with E-state index in [9.17, 15) is 4.79 Å². The molecule has 1 heterocycles. The van der Waals surface area contributed by atoms with Crippen molar-refractivity contribution in [2.45, 2.75) is 31.0 Å². The van der Waals surface area contributed by atoms with Crippen molar-refractivity contribution >= 4 is 28.7 Å². The molecule has 124 valence electrons. The second-order valence-electron chi connectivity index (χ2n) is 5.67. The number of H-pyrrole nitrogens is 1. The number of carbonyl (C=O) groups is 1. The van der Waals surface area contributed by atoms with Crippen LogP contribution in [0.4, 0.5) is 0 Å². The summed E-state index contributed by atoms with van der Waals surface area (Å²) in [6.07, 6.45) is 1.96. The molecule has 3 aromatic rings. The SMILES string of the molecule is CCC[C@@H](NC(=O)CSc1nc2ccccc2[nH]1)c1ccccc1. The van der Waals surface area contributed by atoms with Gasteiger partial charge in [-0.25, -0.2) is 4.98 Å². The highest BCUT2D eigenvalue weighted by Gasteiger charge is 2.14. The number of thioether (sulfide) groups is 1. The van der Waals surface area contributed by atoms with E-state index in [0.717, 1.165) is 34.6 Å². The van der Waals surface area contributed by atoms with Crippen molar-refractivity contribution in [2.75, 3.05) is 5.75 Å². The third-order valence-electron chi connectivity index (χ3n) is 3.82. The van der Waals surface area contributed by atoms with Gasteiger partial charge in [0.15, 0.2) is 5.16 Å². The molecule has 0 fully saturated rings. The zero-order valence-corrected chi connectivity index (χ0v) is 14.5. The predicted molar refractivity (Wildman–Crippen MR) is 99.1 cm³/mol. The zero-order chi connectivity index (χ0) is 16.8. The fourth-order valence-corrected chi connectivity index (χ4v) is 3.36. The fraction of sp³-hybridized carbons (Fsp3) is 0.263. The summed E-state index contributed by atoms with van der Waals surface area (Å²) in [5, 5.41) is 3.91. The van der Waals surface area contributed by atoms with Crippen LogP contribution in [0.15, 0.2) is 59.8 Å². The minimum Gasteiger partial charge on any atom is -0.349 e. The van der Waals surface area contributed by atoms with Crippen LogP contribution in [0, 0.1) is 0 Å². The number of aromatic amines is 1. The molecule has 3 rings (SSSR count). The van der Waals surface area contributed by atoms with Crippen LogP contribution in [0.1, 0.15) is 31.4 Å². The zero-order valence-electron chi connectivity index (χ0n) is 13.7. The molecule has 4 nitrogen and oxygen atoms in total. The van der Waals surface area contributed by atoms with Crippen molar-refractivity contribution in [3.05, 3.63) is 60.2 Å². The van der Waals surface area contributed by atoms with Gasteiger partial charge in [-0.05, 0) is 24.1 Å². The molecule has 0 aliphatic carbocycles. The number of para-hydroxylation sites is 2. The molecule has 0 aliphatic rings. The Hall–Kier alpha value is -2.27. The number of rotatable bonds is 7. The van der Waals surface area contributed by atoms with Gasteiger partial charge in [-0.15, -0.1) is 0 Å². The smallest absolute Gasteiger partial charge is 0.230 e. The van der Waals surface area contributed by atoms with Gasteiger partial charge in [0.25, 0.3) is 0 Å². The van der Waals surface area contributed by atoms with Gasteiger partial charge in [0.05, 0.1) is 22.8 Å². The quantitative estimate of drug-likeness (QED) is 0.631. The first-order chi connectivity index (χ1) is 11.8. The maximum Gasteiger partial charge on any atom is 0.230 e. The normalized spacial score (nSPS) is 12.2. The molecule has 0 aliphatic heterocycles. The van der Waals surface area contributed by atoms with Crippen LogP contribution in [-0.4, -0.2) is 21.6 Å². The molecule has 1 aromatic heterocycles. The van der Waals surface area contributed by atoms with Crippen LogP contribution >= 0.6 is 11.8 Å². The molecule has 1 amide bonds. The average molecular weight is 339 g/mol. The summed E-state index contributed by atoms with van der Waals surface area (Å²) >= 11 is 1.43. The molecule has 0 bridgehead atoms. The standard InChI is InChI=1S/C19H21N3OS/c1-2-8-15(14-9-4-3-5-10-14)20-18(23)13-24-19-21-16-11-6-7-12-17(16)22-19/h3-7,9-12,15H,2,8,13H2,1H3,(H,20,23)(H,21,22)/t15-/m1/s1. The Morgan fingerprint density at radius 1 is 1.17 bits per heavy atom. The van der Waals surface area contributed by atoms with Gasteiger partial charge in [0.1, 0.15) is 0 Å². The lowest BCUT2D eigenvalue weighted by molar-refractivity contribution is -0.119. The topological polar surface area (TPSA) is 57.8 Å². The summed E-state index contributed by atoms with van der Waals surface area (Å²) in [4.78, 5) is 20.0. The minimum absolute atomic E-state index is 0.0303. The van der Waals surface area contributed by atoms with Crippen LogP contribution < -0.4 is 5.32 Å². The van der Waals surface area contributed by atoms with E-state index in [1.54, 1.807) is 0 Å². The largest absolute Gasteiger partial charge is 0.349 e. The van der Waals surface area contributed by atoms with Crippen molar-refractivity contribution in [2.24, 2.45) is 0 Å².